The Balaban J connectivity index is 1.99. The van der Waals surface area contributed by atoms with Crippen molar-refractivity contribution < 1.29 is 24.4 Å². The van der Waals surface area contributed by atoms with E-state index in [9.17, 15) is 15.1 Å². The Bertz CT molecular complexity index is 712. The molecule has 126 valence electrons. The number of imidazole rings is 1. The van der Waals surface area contributed by atoms with Crippen LogP contribution in [0.15, 0.2) is 6.33 Å². The molecule has 3 heterocycles. The minimum atomic E-state index is -2.23. The van der Waals surface area contributed by atoms with Crippen molar-refractivity contribution in [3.63, 3.8) is 0 Å². The normalized spacial score (nSPS) is 29.2. The van der Waals surface area contributed by atoms with E-state index in [1.165, 1.54) is 10.9 Å². The van der Waals surface area contributed by atoms with E-state index < -0.39 is 39.7 Å². The molecule has 0 aliphatic carbocycles. The summed E-state index contributed by atoms with van der Waals surface area (Å²) in [6.45, 7) is -0.437. The van der Waals surface area contributed by atoms with Gasteiger partial charge in [0, 0.05) is 0 Å². The molecule has 1 fully saturated rings. The van der Waals surface area contributed by atoms with Gasteiger partial charge in [-0.15, -0.1) is 0 Å². The third-order valence-electron chi connectivity index (χ3n) is 3.46. The van der Waals surface area contributed by atoms with E-state index in [0.717, 1.165) is 0 Å². The van der Waals surface area contributed by atoms with Gasteiger partial charge in [-0.1, -0.05) is 0 Å². The summed E-state index contributed by atoms with van der Waals surface area (Å²) in [5.41, 5.74) is 17.1. The van der Waals surface area contributed by atoms with E-state index in [-0.39, 0.29) is 17.4 Å². The minimum Gasteiger partial charge on any atom is -0.394 e. The van der Waals surface area contributed by atoms with Gasteiger partial charge in [0.15, 0.2) is 17.7 Å². The highest BCUT2D eigenvalue weighted by molar-refractivity contribution is 7.43. The Morgan fingerprint density at radius 1 is 1.39 bits per heavy atom. The van der Waals surface area contributed by atoms with Crippen LogP contribution in [0.1, 0.15) is 6.23 Å². The number of aliphatic hydroxyl groups is 2. The highest BCUT2D eigenvalue weighted by atomic mass is 31.2. The smallest absolute Gasteiger partial charge is 0.250 e. The predicted molar refractivity (Wildman–Crippen MR) is 79.3 cm³/mol. The summed E-state index contributed by atoms with van der Waals surface area (Å²) in [7, 11) is -2.23. The Kier molecular flexibility index (Phi) is 4.29. The van der Waals surface area contributed by atoms with Crippen LogP contribution in [0.25, 0.3) is 11.2 Å². The monoisotopic (exact) mass is 345 g/mol. The fraction of sp³-hybridized carbons (Fsp3) is 0.500. The van der Waals surface area contributed by atoms with Crippen molar-refractivity contribution in [2.24, 2.45) is 5.50 Å². The molecule has 0 bridgehead atoms. The number of aliphatic hydroxyl groups excluding tert-OH is 2. The average molecular weight is 345 g/mol. The highest BCUT2D eigenvalue weighted by Gasteiger charge is 2.46. The summed E-state index contributed by atoms with van der Waals surface area (Å²) >= 11 is 0. The number of fused-ring (bicyclic) bond motifs is 1. The summed E-state index contributed by atoms with van der Waals surface area (Å²) < 4.78 is 12.0. The molecule has 9 N–H and O–H groups in total. The first-order valence-electron chi connectivity index (χ1n) is 6.52. The van der Waals surface area contributed by atoms with Crippen molar-refractivity contribution in [1.29, 1.82) is 0 Å². The van der Waals surface area contributed by atoms with Crippen molar-refractivity contribution in [3.8, 4) is 0 Å². The molecule has 2 aromatic heterocycles. The topological polar surface area (TPSA) is 201 Å². The van der Waals surface area contributed by atoms with Gasteiger partial charge >= 0.3 is 0 Å². The Morgan fingerprint density at radius 3 is 2.78 bits per heavy atom. The molecule has 13 heteroatoms. The number of nitrogens with zero attached hydrogens (tertiary/aromatic N) is 4. The van der Waals surface area contributed by atoms with E-state index >= 15 is 0 Å². The van der Waals surface area contributed by atoms with E-state index in [1.807, 2.05) is 0 Å². The van der Waals surface area contributed by atoms with Gasteiger partial charge in [-0.05, 0) is 0 Å². The fourth-order valence-corrected chi connectivity index (χ4v) is 3.00. The molecule has 1 saturated heterocycles. The Morgan fingerprint density at radius 2 is 2.13 bits per heavy atom. The molecule has 12 nitrogen and oxygen atoms in total. The number of ether oxygens (including phenoxy) is 1. The lowest BCUT2D eigenvalue weighted by Crippen LogP contribution is -2.35. The quantitative estimate of drug-likeness (QED) is 0.328. The third-order valence-corrected chi connectivity index (χ3v) is 3.92. The molecule has 1 unspecified atom stereocenters. The zero-order valence-electron chi connectivity index (χ0n) is 11.7. The number of rotatable bonds is 4. The number of nitrogens with two attached hydrogens (primary N) is 3. The molecule has 1 aliphatic heterocycles. The van der Waals surface area contributed by atoms with E-state index in [1.54, 1.807) is 0 Å². The summed E-state index contributed by atoms with van der Waals surface area (Å²) in [5.74, 6) is 0.0302. The molecule has 3 rings (SSSR count). The summed E-state index contributed by atoms with van der Waals surface area (Å²) in [4.78, 5) is 21.1. The van der Waals surface area contributed by atoms with Gasteiger partial charge in [0.2, 0.25) is 5.95 Å². The fourth-order valence-electron chi connectivity index (χ4n) is 2.49. The lowest BCUT2D eigenvalue weighted by atomic mass is 10.1. The SMILES string of the molecule is Nc1nc(N)c2ncn([C@@H]3O[C@H](CO)[C@@H](OP(N)O)[C@H]3O)c2n1. The molecule has 23 heavy (non-hydrogen) atoms. The van der Waals surface area contributed by atoms with Gasteiger partial charge in [0.05, 0.1) is 12.9 Å². The molecule has 0 aromatic carbocycles. The summed E-state index contributed by atoms with van der Waals surface area (Å²) in [5, 5.41) is 19.8. The van der Waals surface area contributed by atoms with Crippen LogP contribution in [-0.2, 0) is 9.26 Å². The van der Waals surface area contributed by atoms with E-state index in [0.29, 0.717) is 5.52 Å². The Labute approximate surface area is 130 Å². The predicted octanol–water partition coefficient (Wildman–Crippen LogP) is -2.20. The van der Waals surface area contributed by atoms with Gasteiger partial charge in [-0.25, -0.2) is 4.98 Å². The van der Waals surface area contributed by atoms with Gasteiger partial charge in [0.1, 0.15) is 23.8 Å². The first kappa shape index (κ1) is 16.2. The first-order valence-corrected chi connectivity index (χ1v) is 7.81. The van der Waals surface area contributed by atoms with Gasteiger partial charge in [0.25, 0.3) is 8.53 Å². The van der Waals surface area contributed by atoms with Crippen LogP contribution < -0.4 is 17.0 Å². The molecular formula is C10H16N7O5P. The number of hydrogen-bond donors (Lipinski definition) is 6. The van der Waals surface area contributed by atoms with Crippen molar-refractivity contribution >= 4 is 31.5 Å². The maximum atomic E-state index is 10.4. The second-order valence-electron chi connectivity index (χ2n) is 4.90. The first-order chi connectivity index (χ1) is 10.9. The van der Waals surface area contributed by atoms with Gasteiger partial charge in [-0.2, -0.15) is 9.97 Å². The molecule has 0 spiro atoms. The van der Waals surface area contributed by atoms with Crippen molar-refractivity contribution in [2.45, 2.75) is 24.5 Å². The van der Waals surface area contributed by atoms with Crippen LogP contribution in [0.3, 0.4) is 0 Å². The molecular weight excluding hydrogens is 329 g/mol. The zero-order valence-corrected chi connectivity index (χ0v) is 12.6. The molecule has 5 atom stereocenters. The molecule has 0 amide bonds. The number of anilines is 2. The van der Waals surface area contributed by atoms with Gasteiger partial charge < -0.3 is 35.8 Å². The number of nitrogen functional groups attached to an aromatic ring is 2. The number of aromatic nitrogens is 4. The van der Waals surface area contributed by atoms with Crippen LogP contribution in [0.2, 0.25) is 0 Å². The van der Waals surface area contributed by atoms with E-state index in [4.69, 9.17) is 26.2 Å². The average Bonchev–Trinajstić information content (AvgIpc) is 3.01. The lowest BCUT2D eigenvalue weighted by molar-refractivity contribution is -0.0503. The molecule has 0 saturated carbocycles. The van der Waals surface area contributed by atoms with Crippen LogP contribution in [0.5, 0.6) is 0 Å². The largest absolute Gasteiger partial charge is 0.394 e. The Hall–Kier alpha value is -1.66. The van der Waals surface area contributed by atoms with Crippen LogP contribution in [0, 0.1) is 0 Å². The maximum Gasteiger partial charge on any atom is 0.250 e. The van der Waals surface area contributed by atoms with Crippen LogP contribution in [0.4, 0.5) is 11.8 Å². The highest BCUT2D eigenvalue weighted by Crippen LogP contribution is 2.38. The van der Waals surface area contributed by atoms with Crippen LogP contribution >= 0.6 is 8.53 Å². The van der Waals surface area contributed by atoms with Crippen molar-refractivity contribution in [2.75, 3.05) is 18.1 Å². The third kappa shape index (κ3) is 2.81. The zero-order chi connectivity index (χ0) is 16.7. The second-order valence-corrected chi connectivity index (χ2v) is 5.72. The second kappa shape index (κ2) is 6.09. The summed E-state index contributed by atoms with van der Waals surface area (Å²) in [6, 6.07) is 0. The van der Waals surface area contributed by atoms with Gasteiger partial charge in [-0.3, -0.25) is 10.1 Å². The summed E-state index contributed by atoms with van der Waals surface area (Å²) in [6.07, 6.45) is -2.76. The number of hydrogen-bond acceptors (Lipinski definition) is 11. The minimum absolute atomic E-state index is 0.0587. The van der Waals surface area contributed by atoms with E-state index in [2.05, 4.69) is 15.0 Å². The van der Waals surface area contributed by atoms with Crippen molar-refractivity contribution in [1.82, 2.24) is 19.5 Å². The maximum absolute atomic E-state index is 10.4. The van der Waals surface area contributed by atoms with Crippen LogP contribution in [-0.4, -0.2) is 59.5 Å². The standard InChI is InChI=1S/C10H16N7O5P/c11-7-4-8(16-10(12)15-7)17(2-14-4)9-5(19)6(22-23(13)20)3(1-18)21-9/h2-3,5-6,9,18-20H,1,13H2,(H4,11,12,15,16)/t3-,5-,6-,9-,23?/m1/s1. The molecule has 1 aliphatic rings. The lowest BCUT2D eigenvalue weighted by Gasteiger charge is -2.20. The molecule has 0 radical (unpaired) electrons. The molecule has 2 aromatic rings. The van der Waals surface area contributed by atoms with Crippen molar-refractivity contribution in [3.05, 3.63) is 6.33 Å².